The average molecular weight is 298 g/mol. The molecule has 112 valence electrons. The zero-order valence-electron chi connectivity index (χ0n) is 12.0. The number of imidazole rings is 1. The number of hydrogen-bond donors (Lipinski definition) is 1. The molecular weight excluding hydrogens is 284 g/mol. The van der Waals surface area contributed by atoms with Gasteiger partial charge in [0.2, 0.25) is 0 Å². The highest BCUT2D eigenvalue weighted by Gasteiger charge is 2.24. The first-order chi connectivity index (χ1) is 10.6. The molecule has 0 aromatic carbocycles. The molecule has 3 aromatic rings. The fourth-order valence-electron chi connectivity index (χ4n) is 2.52. The Labute approximate surface area is 125 Å². The van der Waals surface area contributed by atoms with E-state index < -0.39 is 5.97 Å². The molecule has 0 atom stereocenters. The molecule has 8 heteroatoms. The van der Waals surface area contributed by atoms with E-state index >= 15 is 0 Å². The number of aromatic nitrogens is 6. The molecule has 0 spiro atoms. The number of nitrogens with zero attached hydrogens (tertiary/aromatic N) is 6. The van der Waals surface area contributed by atoms with Crippen LogP contribution in [0.15, 0.2) is 18.5 Å². The Morgan fingerprint density at radius 3 is 2.95 bits per heavy atom. The van der Waals surface area contributed by atoms with Crippen LogP contribution in [0.4, 0.5) is 0 Å². The summed E-state index contributed by atoms with van der Waals surface area (Å²) in [6.45, 7) is 2.05. The van der Waals surface area contributed by atoms with Crippen molar-refractivity contribution in [3.05, 3.63) is 41.1 Å². The number of rotatable bonds is 4. The SMILES string of the molecule is Cc1c(C(=O)O)nnn1Cc1cn2ncc(C3CC3)cc2n1. The van der Waals surface area contributed by atoms with E-state index in [2.05, 4.69) is 26.5 Å². The third-order valence-electron chi connectivity index (χ3n) is 3.94. The van der Waals surface area contributed by atoms with Gasteiger partial charge in [0.15, 0.2) is 11.3 Å². The lowest BCUT2D eigenvalue weighted by molar-refractivity contribution is 0.0689. The highest BCUT2D eigenvalue weighted by atomic mass is 16.4. The lowest BCUT2D eigenvalue weighted by Crippen LogP contribution is -2.06. The van der Waals surface area contributed by atoms with Gasteiger partial charge in [-0.15, -0.1) is 5.10 Å². The monoisotopic (exact) mass is 298 g/mol. The molecule has 0 amide bonds. The summed E-state index contributed by atoms with van der Waals surface area (Å²) < 4.78 is 3.26. The molecule has 22 heavy (non-hydrogen) atoms. The lowest BCUT2D eigenvalue weighted by atomic mass is 10.2. The fraction of sp³-hybridized carbons (Fsp3) is 0.357. The second kappa shape index (κ2) is 4.62. The number of aromatic carboxylic acids is 1. The number of carbonyl (C=O) groups is 1. The number of hydrogen-bond acceptors (Lipinski definition) is 5. The summed E-state index contributed by atoms with van der Waals surface area (Å²) in [6.07, 6.45) is 6.16. The molecule has 8 nitrogen and oxygen atoms in total. The second-order valence-electron chi connectivity index (χ2n) is 5.58. The van der Waals surface area contributed by atoms with E-state index in [0.717, 1.165) is 11.3 Å². The van der Waals surface area contributed by atoms with Crippen LogP contribution in [0.1, 0.15) is 46.2 Å². The maximum atomic E-state index is 11.0. The van der Waals surface area contributed by atoms with Gasteiger partial charge in [-0.25, -0.2) is 19.0 Å². The van der Waals surface area contributed by atoms with Gasteiger partial charge in [0, 0.05) is 0 Å². The Bertz CT molecular complexity index is 877. The molecule has 3 heterocycles. The van der Waals surface area contributed by atoms with E-state index in [0.29, 0.717) is 18.2 Å². The summed E-state index contributed by atoms with van der Waals surface area (Å²) in [6, 6.07) is 2.06. The summed E-state index contributed by atoms with van der Waals surface area (Å²) in [5.74, 6) is -0.442. The van der Waals surface area contributed by atoms with E-state index in [4.69, 9.17) is 5.11 Å². The Balaban J connectivity index is 1.65. The summed E-state index contributed by atoms with van der Waals surface area (Å²) in [5, 5.41) is 20.9. The van der Waals surface area contributed by atoms with Crippen molar-refractivity contribution in [2.24, 2.45) is 0 Å². The molecule has 1 saturated carbocycles. The predicted molar refractivity (Wildman–Crippen MR) is 75.8 cm³/mol. The largest absolute Gasteiger partial charge is 0.476 e. The summed E-state index contributed by atoms with van der Waals surface area (Å²) >= 11 is 0. The van der Waals surface area contributed by atoms with Gasteiger partial charge in [0.1, 0.15) is 0 Å². The third kappa shape index (κ3) is 2.12. The Hall–Kier alpha value is -2.77. The molecule has 3 aromatic heterocycles. The second-order valence-corrected chi connectivity index (χ2v) is 5.58. The number of fused-ring (bicyclic) bond motifs is 1. The van der Waals surface area contributed by atoms with E-state index in [1.54, 1.807) is 11.4 Å². The minimum absolute atomic E-state index is 0.0297. The molecule has 1 aliphatic carbocycles. The van der Waals surface area contributed by atoms with Gasteiger partial charge < -0.3 is 5.11 Å². The molecule has 0 bridgehead atoms. The first kappa shape index (κ1) is 12.9. The van der Waals surface area contributed by atoms with Gasteiger partial charge in [0.05, 0.1) is 30.3 Å². The van der Waals surface area contributed by atoms with Crippen LogP contribution in [0.3, 0.4) is 0 Å². The molecular formula is C14H14N6O2. The quantitative estimate of drug-likeness (QED) is 0.778. The van der Waals surface area contributed by atoms with E-state index in [9.17, 15) is 4.79 Å². The average Bonchev–Trinajstić information content (AvgIpc) is 3.16. The van der Waals surface area contributed by atoms with Crippen molar-refractivity contribution in [3.63, 3.8) is 0 Å². The van der Waals surface area contributed by atoms with Crippen molar-refractivity contribution in [2.75, 3.05) is 0 Å². The Morgan fingerprint density at radius 2 is 2.27 bits per heavy atom. The maximum absolute atomic E-state index is 11.0. The summed E-state index contributed by atoms with van der Waals surface area (Å²) in [7, 11) is 0. The number of carboxylic acid groups (broad SMARTS) is 1. The third-order valence-corrected chi connectivity index (χ3v) is 3.94. The zero-order valence-corrected chi connectivity index (χ0v) is 12.0. The normalized spacial score (nSPS) is 14.6. The van der Waals surface area contributed by atoms with Crippen LogP contribution < -0.4 is 0 Å². The van der Waals surface area contributed by atoms with Gasteiger partial charge in [-0.2, -0.15) is 5.10 Å². The van der Waals surface area contributed by atoms with Crippen molar-refractivity contribution in [2.45, 2.75) is 32.2 Å². The molecule has 4 rings (SSSR count). The van der Waals surface area contributed by atoms with Gasteiger partial charge in [-0.3, -0.25) is 0 Å². The van der Waals surface area contributed by atoms with Crippen molar-refractivity contribution >= 4 is 11.6 Å². The predicted octanol–water partition coefficient (Wildman–Crippen LogP) is 1.25. The molecule has 0 aliphatic heterocycles. The van der Waals surface area contributed by atoms with Gasteiger partial charge in [0.25, 0.3) is 0 Å². The van der Waals surface area contributed by atoms with Crippen molar-refractivity contribution in [1.82, 2.24) is 29.6 Å². The first-order valence-electron chi connectivity index (χ1n) is 7.09. The molecule has 0 saturated heterocycles. The molecule has 1 N–H and O–H groups in total. The van der Waals surface area contributed by atoms with Crippen molar-refractivity contribution in [3.8, 4) is 0 Å². The van der Waals surface area contributed by atoms with Crippen LogP contribution in [0.5, 0.6) is 0 Å². The molecule has 1 aliphatic rings. The van der Waals surface area contributed by atoms with Gasteiger partial charge in [-0.05, 0) is 37.3 Å². The van der Waals surface area contributed by atoms with Crippen molar-refractivity contribution in [1.29, 1.82) is 0 Å². The Morgan fingerprint density at radius 1 is 1.45 bits per heavy atom. The Kier molecular flexibility index (Phi) is 2.72. The van der Waals surface area contributed by atoms with Crippen molar-refractivity contribution < 1.29 is 9.90 Å². The molecule has 0 unspecified atom stereocenters. The smallest absolute Gasteiger partial charge is 0.358 e. The molecule has 0 radical (unpaired) electrons. The van der Waals surface area contributed by atoms with Crippen LogP contribution in [-0.2, 0) is 6.54 Å². The van der Waals surface area contributed by atoms with Crippen LogP contribution in [0.2, 0.25) is 0 Å². The van der Waals surface area contributed by atoms with Gasteiger partial charge >= 0.3 is 5.97 Å². The van der Waals surface area contributed by atoms with Crippen LogP contribution in [0, 0.1) is 6.92 Å². The first-order valence-corrected chi connectivity index (χ1v) is 7.09. The van der Waals surface area contributed by atoms with Crippen LogP contribution in [0.25, 0.3) is 5.65 Å². The van der Waals surface area contributed by atoms with Crippen LogP contribution >= 0.6 is 0 Å². The minimum Gasteiger partial charge on any atom is -0.476 e. The van der Waals surface area contributed by atoms with Gasteiger partial charge in [-0.1, -0.05) is 5.21 Å². The number of carboxylic acids is 1. The van der Waals surface area contributed by atoms with E-state index in [1.807, 2.05) is 12.4 Å². The topological polar surface area (TPSA) is 98.2 Å². The van der Waals surface area contributed by atoms with Crippen LogP contribution in [-0.4, -0.2) is 40.7 Å². The zero-order chi connectivity index (χ0) is 15.3. The highest BCUT2D eigenvalue weighted by Crippen LogP contribution is 2.39. The van der Waals surface area contributed by atoms with E-state index in [-0.39, 0.29) is 5.69 Å². The highest BCUT2D eigenvalue weighted by molar-refractivity contribution is 5.86. The minimum atomic E-state index is -1.07. The molecule has 1 fully saturated rings. The maximum Gasteiger partial charge on any atom is 0.358 e. The summed E-state index contributed by atoms with van der Waals surface area (Å²) in [4.78, 5) is 15.5. The standard InChI is InChI=1S/C14H14N6O2/c1-8-13(14(21)22)17-18-19(8)6-11-7-20-12(16-11)4-10(5-15-20)9-2-3-9/h4-5,7,9H,2-3,6H2,1H3,(H,21,22). The summed E-state index contributed by atoms with van der Waals surface area (Å²) in [5.41, 5.74) is 3.28. The lowest BCUT2D eigenvalue weighted by Gasteiger charge is -1.99. The van der Waals surface area contributed by atoms with E-state index in [1.165, 1.54) is 23.1 Å². The fourth-order valence-corrected chi connectivity index (χ4v) is 2.52.